The molecule has 6 heteroatoms. The summed E-state index contributed by atoms with van der Waals surface area (Å²) in [7, 11) is 0. The van der Waals surface area contributed by atoms with Crippen molar-refractivity contribution in [2.75, 3.05) is 32.0 Å². The van der Waals surface area contributed by atoms with Gasteiger partial charge in [0.2, 0.25) is 5.91 Å². The Hall–Kier alpha value is -1.53. The molecule has 0 spiro atoms. The lowest BCUT2D eigenvalue weighted by molar-refractivity contribution is -0.121. The molecule has 0 aliphatic heterocycles. The maximum absolute atomic E-state index is 11.7. The van der Waals surface area contributed by atoms with Crippen LogP contribution in [-0.4, -0.2) is 48.9 Å². The molecule has 0 unspecified atom stereocenters. The van der Waals surface area contributed by atoms with Gasteiger partial charge in [-0.05, 0) is 32.5 Å². The highest BCUT2D eigenvalue weighted by molar-refractivity contribution is 7.99. The number of imide groups is 1. The van der Waals surface area contributed by atoms with Crippen LogP contribution in [0.15, 0.2) is 29.2 Å². The Morgan fingerprint density at radius 1 is 1.23 bits per heavy atom. The number of nitrogens with one attached hydrogen (secondary N) is 1. The Bertz CT molecular complexity index is 477. The average Bonchev–Trinajstić information content (AvgIpc) is 2.48. The maximum atomic E-state index is 11.7. The number of hydrogen-bond acceptors (Lipinski definition) is 5. The SMILES string of the molecule is CCOC(=O)NC(=O)CN(CC)CCSc1ccc(C)cc1. The number of ether oxygens (including phenoxy) is 1. The van der Waals surface area contributed by atoms with E-state index in [4.69, 9.17) is 0 Å². The standard InChI is InChI=1S/C16H24N2O3S/c1-4-18(12-15(19)17-16(20)21-5-2)10-11-22-14-8-6-13(3)7-9-14/h6-9H,4-5,10-12H2,1-3H3,(H,17,19,20). The number of carbonyl (C=O) groups excluding carboxylic acids is 2. The number of amides is 2. The maximum Gasteiger partial charge on any atom is 0.413 e. The molecule has 0 bridgehead atoms. The average molecular weight is 324 g/mol. The number of hydrogen-bond donors (Lipinski definition) is 1. The molecule has 0 aromatic heterocycles. The highest BCUT2D eigenvalue weighted by Gasteiger charge is 2.12. The zero-order valence-electron chi connectivity index (χ0n) is 13.4. The number of benzene rings is 1. The van der Waals surface area contributed by atoms with Crippen LogP contribution in [0.4, 0.5) is 4.79 Å². The predicted molar refractivity (Wildman–Crippen MR) is 89.2 cm³/mol. The van der Waals surface area contributed by atoms with Crippen LogP contribution in [-0.2, 0) is 9.53 Å². The third-order valence-electron chi connectivity index (χ3n) is 3.03. The fourth-order valence-electron chi connectivity index (χ4n) is 1.80. The van der Waals surface area contributed by atoms with E-state index in [1.165, 1.54) is 10.5 Å². The van der Waals surface area contributed by atoms with Gasteiger partial charge in [-0.15, -0.1) is 11.8 Å². The lowest BCUT2D eigenvalue weighted by Crippen LogP contribution is -2.41. The van der Waals surface area contributed by atoms with Crippen LogP contribution in [0.2, 0.25) is 0 Å². The van der Waals surface area contributed by atoms with E-state index in [9.17, 15) is 9.59 Å². The molecule has 0 aliphatic rings. The van der Waals surface area contributed by atoms with Crippen LogP contribution in [0.1, 0.15) is 19.4 Å². The number of aryl methyl sites for hydroxylation is 1. The van der Waals surface area contributed by atoms with Gasteiger partial charge in [0.25, 0.3) is 0 Å². The Morgan fingerprint density at radius 2 is 1.91 bits per heavy atom. The minimum absolute atomic E-state index is 0.198. The number of nitrogens with zero attached hydrogens (tertiary/aromatic N) is 1. The fraction of sp³-hybridized carbons (Fsp3) is 0.500. The van der Waals surface area contributed by atoms with Crippen molar-refractivity contribution in [2.45, 2.75) is 25.7 Å². The Labute approximate surface area is 136 Å². The van der Waals surface area contributed by atoms with Crippen LogP contribution in [0.5, 0.6) is 0 Å². The van der Waals surface area contributed by atoms with Crippen LogP contribution >= 0.6 is 11.8 Å². The van der Waals surface area contributed by atoms with Crippen molar-refractivity contribution < 1.29 is 14.3 Å². The normalized spacial score (nSPS) is 10.5. The van der Waals surface area contributed by atoms with E-state index in [-0.39, 0.29) is 19.1 Å². The van der Waals surface area contributed by atoms with Gasteiger partial charge >= 0.3 is 6.09 Å². The highest BCUT2D eigenvalue weighted by Crippen LogP contribution is 2.18. The Kier molecular flexibility index (Phi) is 8.62. The Balaban J connectivity index is 2.30. The lowest BCUT2D eigenvalue weighted by atomic mass is 10.2. The summed E-state index contributed by atoms with van der Waals surface area (Å²) < 4.78 is 4.68. The first-order valence-electron chi connectivity index (χ1n) is 7.43. The second-order valence-electron chi connectivity index (χ2n) is 4.80. The largest absolute Gasteiger partial charge is 0.450 e. The van der Waals surface area contributed by atoms with Gasteiger partial charge in [-0.25, -0.2) is 4.79 Å². The van der Waals surface area contributed by atoms with Crippen LogP contribution in [0.25, 0.3) is 0 Å². The molecule has 0 fully saturated rings. The number of rotatable bonds is 8. The summed E-state index contributed by atoms with van der Waals surface area (Å²) in [4.78, 5) is 26.1. The summed E-state index contributed by atoms with van der Waals surface area (Å²) in [6.07, 6.45) is -0.683. The van der Waals surface area contributed by atoms with Crippen molar-refractivity contribution in [2.24, 2.45) is 0 Å². The summed E-state index contributed by atoms with van der Waals surface area (Å²) in [6.45, 7) is 7.75. The van der Waals surface area contributed by atoms with Crippen LogP contribution in [0, 0.1) is 6.92 Å². The number of likely N-dealkylation sites (N-methyl/N-ethyl adjacent to an activating group) is 1. The summed E-state index contributed by atoms with van der Waals surface area (Å²) >= 11 is 1.76. The molecule has 0 atom stereocenters. The smallest absolute Gasteiger partial charge is 0.413 e. The molecule has 0 saturated carbocycles. The first kappa shape index (κ1) is 18.5. The molecule has 1 aromatic carbocycles. The third kappa shape index (κ3) is 7.47. The highest BCUT2D eigenvalue weighted by atomic mass is 32.2. The van der Waals surface area contributed by atoms with Crippen molar-refractivity contribution in [1.82, 2.24) is 10.2 Å². The Morgan fingerprint density at radius 3 is 2.50 bits per heavy atom. The van der Waals surface area contributed by atoms with E-state index < -0.39 is 6.09 Å². The molecule has 0 aliphatic carbocycles. The molecule has 0 radical (unpaired) electrons. The molecule has 122 valence electrons. The van der Waals surface area contributed by atoms with Gasteiger partial charge < -0.3 is 4.74 Å². The summed E-state index contributed by atoms with van der Waals surface area (Å²) in [5, 5.41) is 2.21. The van der Waals surface area contributed by atoms with E-state index in [0.717, 1.165) is 18.8 Å². The third-order valence-corrected chi connectivity index (χ3v) is 4.02. The molecule has 22 heavy (non-hydrogen) atoms. The predicted octanol–water partition coefficient (Wildman–Crippen LogP) is 2.68. The van der Waals surface area contributed by atoms with E-state index in [1.54, 1.807) is 18.7 Å². The van der Waals surface area contributed by atoms with Crippen molar-refractivity contribution >= 4 is 23.8 Å². The van der Waals surface area contributed by atoms with Gasteiger partial charge in [0.15, 0.2) is 0 Å². The van der Waals surface area contributed by atoms with E-state index in [2.05, 4.69) is 41.2 Å². The topological polar surface area (TPSA) is 58.6 Å². The van der Waals surface area contributed by atoms with E-state index in [0.29, 0.717) is 0 Å². The lowest BCUT2D eigenvalue weighted by Gasteiger charge is -2.19. The van der Waals surface area contributed by atoms with Crippen molar-refractivity contribution in [1.29, 1.82) is 0 Å². The van der Waals surface area contributed by atoms with Gasteiger partial charge in [0.1, 0.15) is 0 Å². The van der Waals surface area contributed by atoms with Gasteiger partial charge in [0, 0.05) is 17.2 Å². The molecule has 5 nitrogen and oxygen atoms in total. The van der Waals surface area contributed by atoms with Crippen molar-refractivity contribution in [3.63, 3.8) is 0 Å². The van der Waals surface area contributed by atoms with Crippen molar-refractivity contribution in [3.8, 4) is 0 Å². The molecule has 1 N–H and O–H groups in total. The second-order valence-corrected chi connectivity index (χ2v) is 5.97. The first-order valence-corrected chi connectivity index (χ1v) is 8.42. The van der Waals surface area contributed by atoms with Crippen LogP contribution in [0.3, 0.4) is 0 Å². The van der Waals surface area contributed by atoms with Gasteiger partial charge in [-0.1, -0.05) is 24.6 Å². The van der Waals surface area contributed by atoms with Gasteiger partial charge in [0.05, 0.1) is 13.2 Å². The summed E-state index contributed by atoms with van der Waals surface area (Å²) in [5.41, 5.74) is 1.25. The van der Waals surface area contributed by atoms with Crippen LogP contribution < -0.4 is 5.32 Å². The molecule has 0 heterocycles. The summed E-state index contributed by atoms with van der Waals surface area (Å²) in [5.74, 6) is 0.560. The zero-order valence-corrected chi connectivity index (χ0v) is 14.2. The minimum Gasteiger partial charge on any atom is -0.450 e. The zero-order chi connectivity index (χ0) is 16.4. The fourth-order valence-corrected chi connectivity index (χ4v) is 2.71. The van der Waals surface area contributed by atoms with Gasteiger partial charge in [-0.2, -0.15) is 0 Å². The number of carbonyl (C=O) groups is 2. The number of alkyl carbamates (subject to hydrolysis) is 1. The van der Waals surface area contributed by atoms with E-state index >= 15 is 0 Å². The molecular weight excluding hydrogens is 300 g/mol. The molecule has 1 aromatic rings. The first-order chi connectivity index (χ1) is 10.5. The quantitative estimate of drug-likeness (QED) is 0.745. The van der Waals surface area contributed by atoms with E-state index in [1.807, 2.05) is 11.8 Å². The van der Waals surface area contributed by atoms with Crippen molar-refractivity contribution in [3.05, 3.63) is 29.8 Å². The molecular formula is C16H24N2O3S. The molecule has 2 amide bonds. The molecule has 0 saturated heterocycles. The van der Waals surface area contributed by atoms with Gasteiger partial charge in [-0.3, -0.25) is 15.0 Å². The summed E-state index contributed by atoms with van der Waals surface area (Å²) in [6, 6.07) is 8.38. The molecule has 1 rings (SSSR count). The monoisotopic (exact) mass is 324 g/mol. The minimum atomic E-state index is -0.683. The second kappa shape index (κ2) is 10.2. The number of thioether (sulfide) groups is 1.